The van der Waals surface area contributed by atoms with E-state index in [9.17, 15) is 4.79 Å². The Labute approximate surface area is 162 Å². The number of nitriles is 1. The summed E-state index contributed by atoms with van der Waals surface area (Å²) in [5, 5.41) is 10.3. The summed E-state index contributed by atoms with van der Waals surface area (Å²) < 4.78 is 6.16. The molecule has 7 nitrogen and oxygen atoms in total. The molecule has 0 N–H and O–H groups in total. The highest BCUT2D eigenvalue weighted by Gasteiger charge is 2.32. The van der Waals surface area contributed by atoms with Crippen molar-refractivity contribution in [3.8, 4) is 11.8 Å². The van der Waals surface area contributed by atoms with Crippen LogP contribution in [-0.2, 0) is 4.79 Å². The molecule has 8 heteroatoms. The number of para-hydroxylation sites is 1. The van der Waals surface area contributed by atoms with E-state index in [-0.39, 0.29) is 18.1 Å². The van der Waals surface area contributed by atoms with Crippen molar-refractivity contribution in [3.63, 3.8) is 0 Å². The lowest BCUT2D eigenvalue weighted by atomic mass is 10.2. The van der Waals surface area contributed by atoms with Gasteiger partial charge in [0.15, 0.2) is 0 Å². The van der Waals surface area contributed by atoms with Crippen molar-refractivity contribution >= 4 is 28.4 Å². The van der Waals surface area contributed by atoms with Gasteiger partial charge in [0.05, 0.1) is 12.6 Å². The highest BCUT2D eigenvalue weighted by molar-refractivity contribution is 6.34. The summed E-state index contributed by atoms with van der Waals surface area (Å²) >= 11 is 6.13. The van der Waals surface area contributed by atoms with Gasteiger partial charge >= 0.3 is 0 Å². The second-order valence-electron chi connectivity index (χ2n) is 6.95. The van der Waals surface area contributed by atoms with Crippen molar-refractivity contribution in [2.45, 2.75) is 31.4 Å². The van der Waals surface area contributed by atoms with Crippen molar-refractivity contribution in [1.29, 1.82) is 5.26 Å². The smallest absolute Gasteiger partial charge is 0.237 e. The van der Waals surface area contributed by atoms with Crippen LogP contribution in [0.4, 0.5) is 0 Å². The van der Waals surface area contributed by atoms with Crippen LogP contribution in [0.5, 0.6) is 5.75 Å². The fourth-order valence-electron chi connectivity index (χ4n) is 3.82. The summed E-state index contributed by atoms with van der Waals surface area (Å²) in [6.07, 6.45) is 3.94. The molecule has 0 aliphatic carbocycles. The lowest BCUT2D eigenvalue weighted by molar-refractivity contribution is -0.132. The van der Waals surface area contributed by atoms with Crippen LogP contribution < -0.4 is 4.74 Å². The summed E-state index contributed by atoms with van der Waals surface area (Å²) in [5.74, 6) is 0.712. The van der Waals surface area contributed by atoms with E-state index in [1.54, 1.807) is 4.90 Å². The Balaban J connectivity index is 1.39. The molecule has 1 amide bonds. The molecule has 2 saturated heterocycles. The van der Waals surface area contributed by atoms with Crippen LogP contribution in [0.25, 0.3) is 10.9 Å². The van der Waals surface area contributed by atoms with Gasteiger partial charge in [-0.2, -0.15) is 5.26 Å². The normalized spacial score (nSPS) is 22.9. The minimum atomic E-state index is -0.271. The molecule has 0 radical (unpaired) electrons. The number of fused-ring (bicyclic) bond motifs is 1. The predicted molar refractivity (Wildman–Crippen MR) is 100 cm³/mol. The Morgan fingerprint density at radius 3 is 3.07 bits per heavy atom. The molecular formula is C19H20ClN5O2. The van der Waals surface area contributed by atoms with Crippen LogP contribution in [0.2, 0.25) is 5.15 Å². The number of rotatable bonds is 4. The maximum Gasteiger partial charge on any atom is 0.237 e. The monoisotopic (exact) mass is 385 g/mol. The van der Waals surface area contributed by atoms with Crippen LogP contribution >= 0.6 is 11.6 Å². The molecule has 2 fully saturated rings. The van der Waals surface area contributed by atoms with Crippen molar-refractivity contribution in [1.82, 2.24) is 19.8 Å². The Bertz CT molecular complexity index is 899. The van der Waals surface area contributed by atoms with E-state index in [1.165, 1.54) is 6.33 Å². The van der Waals surface area contributed by atoms with Crippen LogP contribution in [0, 0.1) is 11.3 Å². The zero-order chi connectivity index (χ0) is 18.8. The third-order valence-electron chi connectivity index (χ3n) is 5.18. The molecule has 2 aliphatic rings. The van der Waals surface area contributed by atoms with E-state index >= 15 is 0 Å². The van der Waals surface area contributed by atoms with Gasteiger partial charge in [-0.3, -0.25) is 9.69 Å². The SMILES string of the molecule is N#CC1CCCN1C(=O)CN1CC[C@H](Oc2cccc3c(Cl)ncnc23)C1. The van der Waals surface area contributed by atoms with Crippen LogP contribution in [-0.4, -0.2) is 64.0 Å². The van der Waals surface area contributed by atoms with Crippen molar-refractivity contribution in [2.75, 3.05) is 26.2 Å². The number of likely N-dealkylation sites (tertiary alicyclic amines) is 2. The number of nitrogens with zero attached hydrogens (tertiary/aromatic N) is 5. The number of hydrogen-bond acceptors (Lipinski definition) is 6. The highest BCUT2D eigenvalue weighted by Crippen LogP contribution is 2.29. The van der Waals surface area contributed by atoms with Gasteiger partial charge in [0.25, 0.3) is 0 Å². The average Bonchev–Trinajstić information content (AvgIpc) is 3.32. The van der Waals surface area contributed by atoms with Crippen LogP contribution in [0.1, 0.15) is 19.3 Å². The first-order chi connectivity index (χ1) is 13.2. The molecule has 1 aromatic carbocycles. The molecule has 27 heavy (non-hydrogen) atoms. The number of amides is 1. The second kappa shape index (κ2) is 7.67. The third kappa shape index (κ3) is 3.68. The maximum atomic E-state index is 12.5. The van der Waals surface area contributed by atoms with Gasteiger partial charge in [0.2, 0.25) is 5.91 Å². The zero-order valence-electron chi connectivity index (χ0n) is 14.8. The Morgan fingerprint density at radius 2 is 2.22 bits per heavy atom. The first kappa shape index (κ1) is 18.0. The van der Waals surface area contributed by atoms with Gasteiger partial charge in [-0.1, -0.05) is 17.7 Å². The van der Waals surface area contributed by atoms with Gasteiger partial charge in [0, 0.05) is 25.0 Å². The molecule has 140 valence electrons. The van der Waals surface area contributed by atoms with Gasteiger partial charge in [-0.15, -0.1) is 0 Å². The molecule has 0 bridgehead atoms. The summed E-state index contributed by atoms with van der Waals surface area (Å²) in [5.41, 5.74) is 0.695. The van der Waals surface area contributed by atoms with E-state index in [0.29, 0.717) is 36.1 Å². The fraction of sp³-hybridized carbons (Fsp3) is 0.474. The largest absolute Gasteiger partial charge is 0.487 e. The summed E-state index contributed by atoms with van der Waals surface area (Å²) in [4.78, 5) is 24.6. The number of carbonyl (C=O) groups is 1. The van der Waals surface area contributed by atoms with E-state index in [2.05, 4.69) is 20.9 Å². The molecule has 1 aromatic heterocycles. The maximum absolute atomic E-state index is 12.5. The second-order valence-corrected chi connectivity index (χ2v) is 7.31. The number of halogens is 1. The van der Waals surface area contributed by atoms with Crippen LogP contribution in [0.3, 0.4) is 0 Å². The van der Waals surface area contributed by atoms with Crippen molar-refractivity contribution in [3.05, 3.63) is 29.7 Å². The number of carbonyl (C=O) groups excluding carboxylic acids is 1. The van der Waals surface area contributed by atoms with Crippen molar-refractivity contribution < 1.29 is 9.53 Å². The Kier molecular flexibility index (Phi) is 5.10. The van der Waals surface area contributed by atoms with Crippen LogP contribution in [0.15, 0.2) is 24.5 Å². The minimum absolute atomic E-state index is 0.0116. The molecule has 2 aromatic rings. The quantitative estimate of drug-likeness (QED) is 0.751. The number of benzene rings is 1. The number of ether oxygens (including phenoxy) is 1. The van der Waals surface area contributed by atoms with E-state index in [0.717, 1.165) is 31.2 Å². The molecule has 1 unspecified atom stereocenters. The lowest BCUT2D eigenvalue weighted by Crippen LogP contribution is -2.42. The number of aromatic nitrogens is 2. The highest BCUT2D eigenvalue weighted by atomic mass is 35.5. The van der Waals surface area contributed by atoms with Crippen molar-refractivity contribution in [2.24, 2.45) is 0 Å². The molecule has 2 aliphatic heterocycles. The lowest BCUT2D eigenvalue weighted by Gasteiger charge is -2.23. The third-order valence-corrected chi connectivity index (χ3v) is 5.48. The summed E-state index contributed by atoms with van der Waals surface area (Å²) in [6.45, 7) is 2.48. The minimum Gasteiger partial charge on any atom is -0.487 e. The summed E-state index contributed by atoms with van der Waals surface area (Å²) in [7, 11) is 0. The van der Waals surface area contributed by atoms with E-state index in [1.807, 2.05) is 18.2 Å². The topological polar surface area (TPSA) is 82.4 Å². The summed E-state index contributed by atoms with van der Waals surface area (Å²) in [6, 6.07) is 7.57. The molecule has 4 rings (SSSR count). The van der Waals surface area contributed by atoms with E-state index < -0.39 is 0 Å². The first-order valence-electron chi connectivity index (χ1n) is 9.13. The zero-order valence-corrected chi connectivity index (χ0v) is 15.6. The molecular weight excluding hydrogens is 366 g/mol. The molecule has 0 saturated carbocycles. The molecule has 3 heterocycles. The predicted octanol–water partition coefficient (Wildman–Crippen LogP) is 2.25. The van der Waals surface area contributed by atoms with Gasteiger partial charge < -0.3 is 9.64 Å². The Hall–Kier alpha value is -2.43. The standard InChI is InChI=1S/C19H20ClN5O2/c20-19-15-4-1-5-16(18(15)22-12-23-19)27-14-6-8-24(10-14)11-17(26)25-7-2-3-13(25)9-21/h1,4-5,12-14H,2-3,6-8,10-11H2/t13?,14-/m0/s1. The fourth-order valence-corrected chi connectivity index (χ4v) is 4.02. The molecule has 0 spiro atoms. The first-order valence-corrected chi connectivity index (χ1v) is 9.51. The van der Waals surface area contributed by atoms with Gasteiger partial charge in [0.1, 0.15) is 34.9 Å². The molecule has 2 atom stereocenters. The Morgan fingerprint density at radius 1 is 1.33 bits per heavy atom. The van der Waals surface area contributed by atoms with Gasteiger partial charge in [-0.25, -0.2) is 9.97 Å². The number of hydrogen-bond donors (Lipinski definition) is 0. The average molecular weight is 386 g/mol. The van der Waals surface area contributed by atoms with E-state index in [4.69, 9.17) is 21.6 Å². The van der Waals surface area contributed by atoms with Gasteiger partial charge in [-0.05, 0) is 31.4 Å².